The largest absolute Gasteiger partial charge is 0.381 e. The molecule has 0 saturated carbocycles. The van der Waals surface area contributed by atoms with Gasteiger partial charge in [-0.1, -0.05) is 24.3 Å². The summed E-state index contributed by atoms with van der Waals surface area (Å²) in [5.41, 5.74) is 13.3. The summed E-state index contributed by atoms with van der Waals surface area (Å²) in [5.74, 6) is -0.173. The maximum atomic E-state index is 12.2. The molecule has 1 saturated heterocycles. The molecule has 0 bridgehead atoms. The Balaban J connectivity index is 1.88. The van der Waals surface area contributed by atoms with Gasteiger partial charge in [-0.25, -0.2) is 0 Å². The van der Waals surface area contributed by atoms with Crippen molar-refractivity contribution in [2.24, 2.45) is 22.4 Å². The van der Waals surface area contributed by atoms with Crippen LogP contribution in [0, 0.1) is 5.92 Å². The fraction of sp³-hybridized carbons (Fsp3) is 0.263. The number of hydrogen-bond donors (Lipinski definition) is 2. The molecule has 4 N–H and O–H groups in total. The van der Waals surface area contributed by atoms with E-state index in [2.05, 4.69) is 21.7 Å². The van der Waals surface area contributed by atoms with Crippen LogP contribution in [0.15, 0.2) is 47.5 Å². The summed E-state index contributed by atoms with van der Waals surface area (Å²) in [6.07, 6.45) is 1.06. The Morgan fingerprint density at radius 3 is 2.72 bits per heavy atom. The summed E-state index contributed by atoms with van der Waals surface area (Å²) in [6, 6.07) is 13.9. The SMILES string of the molecule is NC(N)=NC(=O)c1ccc2c3ccccc3n(CC3CCOC3)c2c1. The number of fused-ring (bicyclic) bond motifs is 3. The van der Waals surface area contributed by atoms with Gasteiger partial charge >= 0.3 is 0 Å². The van der Waals surface area contributed by atoms with Gasteiger partial charge in [-0.3, -0.25) is 4.79 Å². The van der Waals surface area contributed by atoms with Crippen molar-refractivity contribution in [2.75, 3.05) is 13.2 Å². The van der Waals surface area contributed by atoms with E-state index in [-0.39, 0.29) is 5.96 Å². The van der Waals surface area contributed by atoms with Gasteiger partial charge in [0.1, 0.15) is 0 Å². The normalized spacial score (nSPS) is 17.2. The lowest BCUT2D eigenvalue weighted by molar-refractivity contribution is 0.100. The third-order valence-electron chi connectivity index (χ3n) is 4.72. The van der Waals surface area contributed by atoms with E-state index >= 15 is 0 Å². The zero-order valence-electron chi connectivity index (χ0n) is 13.8. The van der Waals surface area contributed by atoms with Crippen LogP contribution in [0.2, 0.25) is 0 Å². The second-order valence-corrected chi connectivity index (χ2v) is 6.43. The summed E-state index contributed by atoms with van der Waals surface area (Å²) in [6.45, 7) is 2.46. The van der Waals surface area contributed by atoms with Crippen molar-refractivity contribution in [3.8, 4) is 0 Å². The lowest BCUT2D eigenvalue weighted by Crippen LogP contribution is -2.24. The van der Waals surface area contributed by atoms with Gasteiger partial charge in [0, 0.05) is 46.4 Å². The Kier molecular flexibility index (Phi) is 3.89. The zero-order chi connectivity index (χ0) is 17.4. The van der Waals surface area contributed by atoms with Gasteiger partial charge in [0.15, 0.2) is 5.96 Å². The molecule has 2 heterocycles. The van der Waals surface area contributed by atoms with E-state index in [4.69, 9.17) is 16.2 Å². The average molecular weight is 336 g/mol. The van der Waals surface area contributed by atoms with Crippen molar-refractivity contribution >= 4 is 33.7 Å². The Morgan fingerprint density at radius 1 is 1.16 bits per heavy atom. The second-order valence-electron chi connectivity index (χ2n) is 6.43. The first-order chi connectivity index (χ1) is 12.1. The van der Waals surface area contributed by atoms with Crippen LogP contribution in [0.3, 0.4) is 0 Å². The van der Waals surface area contributed by atoms with Crippen molar-refractivity contribution in [3.05, 3.63) is 48.0 Å². The molecule has 0 aliphatic carbocycles. The van der Waals surface area contributed by atoms with E-state index < -0.39 is 5.91 Å². The predicted molar refractivity (Wildman–Crippen MR) is 98.5 cm³/mol. The van der Waals surface area contributed by atoms with Crippen molar-refractivity contribution in [3.63, 3.8) is 0 Å². The molecule has 6 nitrogen and oxygen atoms in total. The molecule has 1 fully saturated rings. The second kappa shape index (κ2) is 6.22. The highest BCUT2D eigenvalue weighted by atomic mass is 16.5. The molecule has 1 amide bonds. The van der Waals surface area contributed by atoms with Crippen LogP contribution in [0.25, 0.3) is 21.8 Å². The Bertz CT molecular complexity index is 980. The molecule has 1 aromatic heterocycles. The first-order valence-electron chi connectivity index (χ1n) is 8.36. The van der Waals surface area contributed by atoms with Gasteiger partial charge in [0.2, 0.25) is 0 Å². The lowest BCUT2D eigenvalue weighted by atomic mass is 10.1. The number of aliphatic imine (C=N–C) groups is 1. The molecule has 0 spiro atoms. The first-order valence-corrected chi connectivity index (χ1v) is 8.36. The van der Waals surface area contributed by atoms with Gasteiger partial charge < -0.3 is 20.8 Å². The fourth-order valence-corrected chi connectivity index (χ4v) is 3.55. The predicted octanol–water partition coefficient (Wildman–Crippen LogP) is 2.24. The van der Waals surface area contributed by atoms with Crippen molar-refractivity contribution < 1.29 is 9.53 Å². The number of nitrogens with two attached hydrogens (primary N) is 2. The van der Waals surface area contributed by atoms with Crippen LogP contribution < -0.4 is 11.5 Å². The number of nitrogens with zero attached hydrogens (tertiary/aromatic N) is 2. The van der Waals surface area contributed by atoms with Crippen LogP contribution in [0.4, 0.5) is 0 Å². The molecule has 6 heteroatoms. The maximum Gasteiger partial charge on any atom is 0.280 e. The number of para-hydroxylation sites is 1. The van der Waals surface area contributed by atoms with Gasteiger partial charge in [-0.2, -0.15) is 4.99 Å². The average Bonchev–Trinajstić information content (AvgIpc) is 3.21. The number of carbonyl (C=O) groups excluding carboxylic acids is 1. The molecule has 3 aromatic rings. The molecule has 1 aliphatic heterocycles. The van der Waals surface area contributed by atoms with E-state index in [0.717, 1.165) is 42.6 Å². The minimum atomic E-state index is -0.428. The van der Waals surface area contributed by atoms with Gasteiger partial charge in [0.25, 0.3) is 5.91 Å². The van der Waals surface area contributed by atoms with Crippen molar-refractivity contribution in [2.45, 2.75) is 13.0 Å². The summed E-state index contributed by atoms with van der Waals surface area (Å²) in [4.78, 5) is 15.8. The third kappa shape index (κ3) is 2.85. The Morgan fingerprint density at radius 2 is 1.96 bits per heavy atom. The molecular formula is C19H20N4O2. The summed E-state index contributed by atoms with van der Waals surface area (Å²) in [5, 5.41) is 2.30. The topological polar surface area (TPSA) is 95.6 Å². The van der Waals surface area contributed by atoms with E-state index in [1.54, 1.807) is 6.07 Å². The number of ether oxygens (including phenoxy) is 1. The highest BCUT2D eigenvalue weighted by Gasteiger charge is 2.20. The molecule has 4 rings (SSSR count). The molecule has 1 atom stereocenters. The van der Waals surface area contributed by atoms with Gasteiger partial charge in [0.05, 0.1) is 6.61 Å². The standard InChI is InChI=1S/C19H20N4O2/c20-19(21)22-18(24)13-5-6-15-14-3-1-2-4-16(14)23(17(15)9-13)10-12-7-8-25-11-12/h1-6,9,12H,7-8,10-11H2,(H4,20,21,22,24). The van der Waals surface area contributed by atoms with Crippen LogP contribution in [0.1, 0.15) is 16.8 Å². The van der Waals surface area contributed by atoms with Gasteiger partial charge in [-0.05, 0) is 24.6 Å². The number of carbonyl (C=O) groups is 1. The van der Waals surface area contributed by atoms with Crippen LogP contribution in [0.5, 0.6) is 0 Å². The molecule has 128 valence electrons. The van der Waals surface area contributed by atoms with Crippen LogP contribution in [-0.2, 0) is 11.3 Å². The molecule has 2 aromatic carbocycles. The van der Waals surface area contributed by atoms with Crippen molar-refractivity contribution in [1.29, 1.82) is 0 Å². The number of guanidine groups is 1. The van der Waals surface area contributed by atoms with E-state index in [9.17, 15) is 4.79 Å². The molecule has 1 unspecified atom stereocenters. The third-order valence-corrected chi connectivity index (χ3v) is 4.72. The number of benzene rings is 2. The number of amides is 1. The minimum absolute atomic E-state index is 0.228. The number of hydrogen-bond acceptors (Lipinski definition) is 2. The Hall–Kier alpha value is -2.86. The summed E-state index contributed by atoms with van der Waals surface area (Å²) in [7, 11) is 0. The highest BCUT2D eigenvalue weighted by Crippen LogP contribution is 2.31. The minimum Gasteiger partial charge on any atom is -0.381 e. The summed E-state index contributed by atoms with van der Waals surface area (Å²) < 4.78 is 7.80. The lowest BCUT2D eigenvalue weighted by Gasteiger charge is -2.12. The number of rotatable bonds is 3. The summed E-state index contributed by atoms with van der Waals surface area (Å²) >= 11 is 0. The molecule has 1 aliphatic rings. The zero-order valence-corrected chi connectivity index (χ0v) is 13.8. The quantitative estimate of drug-likeness (QED) is 0.566. The monoisotopic (exact) mass is 336 g/mol. The van der Waals surface area contributed by atoms with Crippen LogP contribution in [-0.4, -0.2) is 29.6 Å². The first kappa shape index (κ1) is 15.7. The smallest absolute Gasteiger partial charge is 0.280 e. The van der Waals surface area contributed by atoms with Crippen molar-refractivity contribution in [1.82, 2.24) is 4.57 Å². The van der Waals surface area contributed by atoms with Gasteiger partial charge in [-0.15, -0.1) is 0 Å². The Labute approximate surface area is 145 Å². The van der Waals surface area contributed by atoms with E-state index in [1.165, 1.54) is 5.39 Å². The van der Waals surface area contributed by atoms with E-state index in [1.807, 2.05) is 24.3 Å². The fourth-order valence-electron chi connectivity index (χ4n) is 3.55. The van der Waals surface area contributed by atoms with E-state index in [0.29, 0.717) is 11.5 Å². The molecule has 0 radical (unpaired) electrons. The highest BCUT2D eigenvalue weighted by molar-refractivity contribution is 6.11. The molecule has 25 heavy (non-hydrogen) atoms. The molecular weight excluding hydrogens is 316 g/mol. The maximum absolute atomic E-state index is 12.2. The van der Waals surface area contributed by atoms with Crippen LogP contribution >= 0.6 is 0 Å². The number of aromatic nitrogens is 1.